The second kappa shape index (κ2) is 17.9. The third-order valence-corrected chi connectivity index (χ3v) is 7.42. The van der Waals surface area contributed by atoms with Gasteiger partial charge in [0.2, 0.25) is 0 Å². The maximum absolute atomic E-state index is 5.04. The third-order valence-electron chi connectivity index (χ3n) is 4.79. The summed E-state index contributed by atoms with van der Waals surface area (Å²) in [5, 5.41) is 0. The zero-order valence-electron chi connectivity index (χ0n) is 15.5. The van der Waals surface area contributed by atoms with Crippen LogP contribution in [0.25, 0.3) is 0 Å². The van der Waals surface area contributed by atoms with Gasteiger partial charge < -0.3 is 0 Å². The van der Waals surface area contributed by atoms with Crippen molar-refractivity contribution in [3.63, 3.8) is 0 Å². The molecule has 0 heterocycles. The van der Waals surface area contributed by atoms with Crippen LogP contribution in [-0.4, -0.2) is 23.0 Å². The highest BCUT2D eigenvalue weighted by Crippen LogP contribution is 2.47. The number of rotatable bonds is 17. The fourth-order valence-electron chi connectivity index (χ4n) is 3.28. The van der Waals surface area contributed by atoms with Gasteiger partial charge in [-0.2, -0.15) is 50.5 Å². The van der Waals surface area contributed by atoms with E-state index in [0.717, 1.165) is 42.3 Å². The predicted molar refractivity (Wildman–Crippen MR) is 138 cm³/mol. The number of unbranched alkanes of at least 4 members (excludes halogenated alkanes) is 4. The Bertz CT molecular complexity index is 316. The number of thiol groups is 6. The second-order valence-corrected chi connectivity index (χ2v) is 9.57. The molecular formula is C19H38S6. The van der Waals surface area contributed by atoms with Crippen molar-refractivity contribution >= 4 is 75.8 Å². The molecule has 0 unspecified atom stereocenters. The Morgan fingerprint density at radius 1 is 0.520 bits per heavy atom. The Morgan fingerprint density at radius 3 is 1.24 bits per heavy atom. The molecule has 0 bridgehead atoms. The van der Waals surface area contributed by atoms with Crippen LogP contribution in [0.3, 0.4) is 0 Å². The highest BCUT2D eigenvalue weighted by molar-refractivity contribution is 7.88. The van der Waals surface area contributed by atoms with Crippen molar-refractivity contribution < 1.29 is 0 Å². The standard InChI is InChI=1S/C19H38S6/c20-13-5-1-9-17(24)18(25)19(10-2-6-14-21,11-3-7-15-22)12-4-8-16-23/h20-25H,1-16H2. The van der Waals surface area contributed by atoms with E-state index in [1.807, 2.05) is 0 Å². The van der Waals surface area contributed by atoms with Crippen LogP contribution in [0.4, 0.5) is 0 Å². The molecular weight excluding hydrogens is 421 g/mol. The minimum absolute atomic E-state index is 0.177. The molecule has 0 aromatic rings. The van der Waals surface area contributed by atoms with Gasteiger partial charge in [0.1, 0.15) is 0 Å². The molecule has 0 saturated heterocycles. The fraction of sp³-hybridized carbons (Fsp3) is 0.895. The highest BCUT2D eigenvalue weighted by atomic mass is 32.1. The molecule has 0 nitrogen and oxygen atoms in total. The van der Waals surface area contributed by atoms with Crippen molar-refractivity contribution in [2.75, 3.05) is 23.0 Å². The molecule has 0 amide bonds. The lowest BCUT2D eigenvalue weighted by atomic mass is 9.73. The Kier molecular flexibility index (Phi) is 19.2. The molecule has 0 aromatic carbocycles. The molecule has 0 aliphatic heterocycles. The average molecular weight is 459 g/mol. The second-order valence-electron chi connectivity index (χ2n) is 6.80. The van der Waals surface area contributed by atoms with Crippen LogP contribution in [0, 0.1) is 5.41 Å². The van der Waals surface area contributed by atoms with Gasteiger partial charge in [0, 0.05) is 5.41 Å². The zero-order chi connectivity index (χ0) is 19.0. The van der Waals surface area contributed by atoms with Crippen molar-refractivity contribution in [2.24, 2.45) is 5.41 Å². The van der Waals surface area contributed by atoms with Gasteiger partial charge in [-0.15, -0.1) is 25.3 Å². The molecule has 0 aliphatic carbocycles. The van der Waals surface area contributed by atoms with E-state index in [-0.39, 0.29) is 5.41 Å². The van der Waals surface area contributed by atoms with Crippen molar-refractivity contribution in [1.82, 2.24) is 0 Å². The molecule has 150 valence electrons. The molecule has 0 fully saturated rings. The quantitative estimate of drug-likeness (QED) is 0.0946. The summed E-state index contributed by atoms with van der Waals surface area (Å²) in [5.74, 6) is 3.83. The topological polar surface area (TPSA) is 0 Å². The number of allylic oxidation sites excluding steroid dienone is 2. The smallest absolute Gasteiger partial charge is 0.00181 e. The van der Waals surface area contributed by atoms with E-state index >= 15 is 0 Å². The van der Waals surface area contributed by atoms with Gasteiger partial charge in [0.05, 0.1) is 0 Å². The summed E-state index contributed by atoms with van der Waals surface area (Å²) < 4.78 is 0. The predicted octanol–water partition coefficient (Wildman–Crippen LogP) is 7.44. The third kappa shape index (κ3) is 12.1. The van der Waals surface area contributed by atoms with Gasteiger partial charge in [-0.25, -0.2) is 0 Å². The van der Waals surface area contributed by atoms with E-state index in [0.29, 0.717) is 0 Å². The van der Waals surface area contributed by atoms with Crippen LogP contribution in [0.1, 0.15) is 77.0 Å². The summed E-state index contributed by atoms with van der Waals surface area (Å²) in [6.07, 6.45) is 14.1. The minimum Gasteiger partial charge on any atom is -0.179 e. The van der Waals surface area contributed by atoms with E-state index in [2.05, 4.69) is 50.5 Å². The van der Waals surface area contributed by atoms with E-state index in [9.17, 15) is 0 Å². The lowest BCUT2D eigenvalue weighted by Gasteiger charge is -2.36. The van der Waals surface area contributed by atoms with Gasteiger partial charge in [-0.05, 0) is 90.6 Å². The summed E-state index contributed by atoms with van der Waals surface area (Å²) >= 11 is 27.4. The molecule has 0 saturated carbocycles. The monoisotopic (exact) mass is 458 g/mol. The molecule has 0 aromatic heterocycles. The van der Waals surface area contributed by atoms with E-state index in [4.69, 9.17) is 25.3 Å². The maximum atomic E-state index is 5.04. The Balaban J connectivity index is 5.29. The Morgan fingerprint density at radius 2 is 0.880 bits per heavy atom. The summed E-state index contributed by atoms with van der Waals surface area (Å²) in [4.78, 5) is 2.43. The normalized spacial score (nSPS) is 13.2. The van der Waals surface area contributed by atoms with Crippen LogP contribution < -0.4 is 0 Å². The first kappa shape index (κ1) is 26.8. The van der Waals surface area contributed by atoms with Gasteiger partial charge in [-0.1, -0.05) is 19.3 Å². The minimum atomic E-state index is 0.177. The number of hydrogen-bond acceptors (Lipinski definition) is 6. The number of hydrogen-bond donors (Lipinski definition) is 6. The first-order chi connectivity index (χ1) is 12.1. The van der Waals surface area contributed by atoms with Crippen LogP contribution in [0.5, 0.6) is 0 Å². The largest absolute Gasteiger partial charge is 0.179 e. The lowest BCUT2D eigenvalue weighted by Crippen LogP contribution is -2.23. The van der Waals surface area contributed by atoms with Crippen LogP contribution >= 0.6 is 75.8 Å². The van der Waals surface area contributed by atoms with Crippen molar-refractivity contribution in [3.05, 3.63) is 9.81 Å². The van der Waals surface area contributed by atoms with Crippen LogP contribution in [-0.2, 0) is 0 Å². The Labute approximate surface area is 190 Å². The van der Waals surface area contributed by atoms with Crippen LogP contribution in [0.15, 0.2) is 9.81 Å². The van der Waals surface area contributed by atoms with Gasteiger partial charge in [0.25, 0.3) is 0 Å². The summed E-state index contributed by atoms with van der Waals surface area (Å²) in [7, 11) is 0. The highest BCUT2D eigenvalue weighted by Gasteiger charge is 2.32. The molecule has 25 heavy (non-hydrogen) atoms. The fourth-order valence-corrected chi connectivity index (χ4v) is 5.02. The van der Waals surface area contributed by atoms with Crippen molar-refractivity contribution in [2.45, 2.75) is 77.0 Å². The van der Waals surface area contributed by atoms with Crippen molar-refractivity contribution in [1.29, 1.82) is 0 Å². The summed E-state index contributed by atoms with van der Waals surface area (Å²) in [6, 6.07) is 0. The summed E-state index contributed by atoms with van der Waals surface area (Å²) in [6.45, 7) is 0. The van der Waals surface area contributed by atoms with Gasteiger partial charge >= 0.3 is 0 Å². The molecule has 0 atom stereocenters. The maximum Gasteiger partial charge on any atom is 0.00181 e. The summed E-state index contributed by atoms with van der Waals surface area (Å²) in [5.41, 5.74) is 0.177. The molecule has 0 radical (unpaired) electrons. The zero-order valence-corrected chi connectivity index (χ0v) is 20.9. The van der Waals surface area contributed by atoms with Gasteiger partial charge in [0.15, 0.2) is 0 Å². The molecule has 0 spiro atoms. The van der Waals surface area contributed by atoms with Gasteiger partial charge in [-0.3, -0.25) is 0 Å². The van der Waals surface area contributed by atoms with E-state index < -0.39 is 0 Å². The van der Waals surface area contributed by atoms with Crippen LogP contribution in [0.2, 0.25) is 0 Å². The molecule has 0 N–H and O–H groups in total. The first-order valence-electron chi connectivity index (χ1n) is 9.63. The lowest BCUT2D eigenvalue weighted by molar-refractivity contribution is 0.267. The first-order valence-corrected chi connectivity index (χ1v) is 13.1. The molecule has 0 aliphatic rings. The molecule has 6 heteroatoms. The average Bonchev–Trinajstić information content (AvgIpc) is 2.61. The Hall–Kier alpha value is 1.84. The van der Waals surface area contributed by atoms with E-state index in [1.54, 1.807) is 0 Å². The van der Waals surface area contributed by atoms with E-state index in [1.165, 1.54) is 67.6 Å². The van der Waals surface area contributed by atoms with Crippen molar-refractivity contribution in [3.8, 4) is 0 Å². The SMILES string of the molecule is SCCCCC(S)=C(S)C(CCCCS)(CCCCS)CCCCS. The molecule has 0 rings (SSSR count).